The monoisotopic (exact) mass is 314 g/mol. The van der Waals surface area contributed by atoms with Crippen molar-refractivity contribution in [2.45, 2.75) is 31.1 Å². The molecule has 0 aromatic heterocycles. The molecule has 4 rings (SSSR count). The average Bonchev–Trinajstić information content (AvgIpc) is 2.83. The van der Waals surface area contributed by atoms with Crippen LogP contribution in [0.4, 0.5) is 0 Å². The van der Waals surface area contributed by atoms with Crippen LogP contribution < -0.4 is 0 Å². The van der Waals surface area contributed by atoms with Gasteiger partial charge in [0.25, 0.3) is 0 Å². The van der Waals surface area contributed by atoms with Gasteiger partial charge in [0.1, 0.15) is 5.75 Å². The molecule has 1 N–H and O–H groups in total. The lowest BCUT2D eigenvalue weighted by atomic mass is 9.76. The number of phenolic OH excluding ortho intramolecular Hbond substituents is 1. The maximum atomic E-state index is 9.69. The smallest absolute Gasteiger partial charge is 0.115 e. The van der Waals surface area contributed by atoms with Crippen LogP contribution in [-0.4, -0.2) is 5.11 Å². The van der Waals surface area contributed by atoms with Gasteiger partial charge >= 0.3 is 0 Å². The van der Waals surface area contributed by atoms with Crippen molar-refractivity contribution < 1.29 is 5.11 Å². The van der Waals surface area contributed by atoms with Gasteiger partial charge in [-0.15, -0.1) is 0 Å². The minimum atomic E-state index is 0.330. The van der Waals surface area contributed by atoms with Crippen LogP contribution in [0.15, 0.2) is 78.9 Å². The highest BCUT2D eigenvalue weighted by Crippen LogP contribution is 2.45. The van der Waals surface area contributed by atoms with Crippen LogP contribution in [0.2, 0.25) is 0 Å². The van der Waals surface area contributed by atoms with E-state index < -0.39 is 0 Å². The van der Waals surface area contributed by atoms with Gasteiger partial charge in [-0.1, -0.05) is 66.7 Å². The highest BCUT2D eigenvalue weighted by molar-refractivity contribution is 5.44. The van der Waals surface area contributed by atoms with Gasteiger partial charge in [0.2, 0.25) is 0 Å². The number of hydrogen-bond acceptors (Lipinski definition) is 1. The van der Waals surface area contributed by atoms with E-state index in [0.717, 1.165) is 6.42 Å². The maximum Gasteiger partial charge on any atom is 0.115 e. The lowest BCUT2D eigenvalue weighted by Gasteiger charge is -2.28. The predicted molar refractivity (Wildman–Crippen MR) is 98.5 cm³/mol. The van der Waals surface area contributed by atoms with Crippen LogP contribution in [0.3, 0.4) is 0 Å². The Kier molecular flexibility index (Phi) is 4.08. The molecule has 1 aliphatic carbocycles. The van der Waals surface area contributed by atoms with E-state index in [4.69, 9.17) is 0 Å². The van der Waals surface area contributed by atoms with E-state index in [0.29, 0.717) is 17.6 Å². The Morgan fingerprint density at radius 3 is 2.21 bits per heavy atom. The molecule has 1 aliphatic rings. The molecule has 3 aromatic rings. The van der Waals surface area contributed by atoms with Crippen molar-refractivity contribution >= 4 is 0 Å². The average molecular weight is 314 g/mol. The van der Waals surface area contributed by atoms with Crippen molar-refractivity contribution in [2.24, 2.45) is 0 Å². The van der Waals surface area contributed by atoms with Gasteiger partial charge in [0.05, 0.1) is 0 Å². The molecule has 0 amide bonds. The van der Waals surface area contributed by atoms with Crippen LogP contribution in [0, 0.1) is 0 Å². The number of benzene rings is 3. The Hall–Kier alpha value is -2.54. The van der Waals surface area contributed by atoms with E-state index in [9.17, 15) is 5.11 Å². The molecule has 2 unspecified atom stereocenters. The second-order valence-electron chi connectivity index (χ2n) is 6.68. The summed E-state index contributed by atoms with van der Waals surface area (Å²) in [6.45, 7) is 0. The zero-order chi connectivity index (χ0) is 16.4. The minimum Gasteiger partial charge on any atom is -0.508 e. The van der Waals surface area contributed by atoms with Crippen LogP contribution in [-0.2, 0) is 6.42 Å². The molecular formula is C23H22O. The van der Waals surface area contributed by atoms with Gasteiger partial charge in [0.15, 0.2) is 0 Å². The highest BCUT2D eigenvalue weighted by atomic mass is 16.3. The number of aryl methyl sites for hydroxylation is 1. The van der Waals surface area contributed by atoms with Gasteiger partial charge in [-0.3, -0.25) is 0 Å². The first-order chi connectivity index (χ1) is 11.8. The second-order valence-corrected chi connectivity index (χ2v) is 6.68. The molecule has 1 heteroatoms. The number of rotatable bonds is 2. The van der Waals surface area contributed by atoms with Gasteiger partial charge in [-0.2, -0.15) is 0 Å². The lowest BCUT2D eigenvalue weighted by Crippen LogP contribution is -2.12. The van der Waals surface area contributed by atoms with Crippen molar-refractivity contribution in [2.75, 3.05) is 0 Å². The highest BCUT2D eigenvalue weighted by Gasteiger charge is 2.30. The molecule has 24 heavy (non-hydrogen) atoms. The van der Waals surface area contributed by atoms with E-state index >= 15 is 0 Å². The molecule has 120 valence electrons. The molecule has 0 heterocycles. The summed E-state index contributed by atoms with van der Waals surface area (Å²) in [5.41, 5.74) is 5.60. The fourth-order valence-electron chi connectivity index (χ4n) is 4.11. The third kappa shape index (κ3) is 2.82. The summed E-state index contributed by atoms with van der Waals surface area (Å²) in [7, 11) is 0. The molecule has 0 aliphatic heterocycles. The molecular weight excluding hydrogens is 292 g/mol. The first kappa shape index (κ1) is 15.0. The molecule has 0 fully saturated rings. The molecule has 0 spiro atoms. The van der Waals surface area contributed by atoms with Crippen molar-refractivity contribution in [1.29, 1.82) is 0 Å². The van der Waals surface area contributed by atoms with Crippen LogP contribution in [0.1, 0.15) is 46.9 Å². The quantitative estimate of drug-likeness (QED) is 0.606. The Morgan fingerprint density at radius 2 is 1.42 bits per heavy atom. The molecule has 0 saturated carbocycles. The van der Waals surface area contributed by atoms with E-state index in [1.807, 2.05) is 12.1 Å². The van der Waals surface area contributed by atoms with Crippen LogP contribution in [0.25, 0.3) is 0 Å². The van der Waals surface area contributed by atoms with Crippen molar-refractivity contribution in [1.82, 2.24) is 0 Å². The Morgan fingerprint density at radius 1 is 0.708 bits per heavy atom. The predicted octanol–water partition coefficient (Wildman–Crippen LogP) is 5.64. The van der Waals surface area contributed by atoms with E-state index in [1.54, 1.807) is 0 Å². The molecule has 2 atom stereocenters. The van der Waals surface area contributed by atoms with Crippen LogP contribution >= 0.6 is 0 Å². The van der Waals surface area contributed by atoms with Gasteiger partial charge < -0.3 is 5.11 Å². The van der Waals surface area contributed by atoms with E-state index in [-0.39, 0.29) is 0 Å². The summed E-state index contributed by atoms with van der Waals surface area (Å²) in [6, 6.07) is 27.5. The summed E-state index contributed by atoms with van der Waals surface area (Å²) in [5.74, 6) is 1.14. The minimum absolute atomic E-state index is 0.330. The zero-order valence-corrected chi connectivity index (χ0v) is 13.7. The standard InChI is InChI=1S/C23H22O/c24-20-15-13-19(14-16-20)23-21-11-5-4-9-18(21)10-6-12-22(23)17-7-2-1-3-8-17/h1-5,7-9,11,13-16,22-24H,6,10,12H2. The first-order valence-electron chi connectivity index (χ1n) is 8.74. The Bertz CT molecular complexity index is 805. The van der Waals surface area contributed by atoms with Crippen LogP contribution in [0.5, 0.6) is 5.75 Å². The third-order valence-corrected chi connectivity index (χ3v) is 5.23. The number of aromatic hydroxyl groups is 1. The molecule has 0 radical (unpaired) electrons. The summed E-state index contributed by atoms with van der Waals surface area (Å²) in [4.78, 5) is 0. The molecule has 1 nitrogen and oxygen atoms in total. The SMILES string of the molecule is Oc1ccc(C2c3ccccc3CCCC2c2ccccc2)cc1. The zero-order valence-electron chi connectivity index (χ0n) is 13.7. The fourth-order valence-corrected chi connectivity index (χ4v) is 4.11. The lowest BCUT2D eigenvalue weighted by molar-refractivity contribution is 0.474. The number of phenols is 1. The number of hydrogen-bond donors (Lipinski definition) is 1. The Balaban J connectivity index is 1.87. The summed E-state index contributed by atoms with van der Waals surface area (Å²) >= 11 is 0. The molecule has 0 bridgehead atoms. The summed E-state index contributed by atoms with van der Waals surface area (Å²) < 4.78 is 0. The van der Waals surface area contributed by atoms with E-state index in [1.165, 1.54) is 35.1 Å². The normalized spacial score (nSPS) is 20.2. The van der Waals surface area contributed by atoms with Gasteiger partial charge in [-0.25, -0.2) is 0 Å². The Labute approximate surface area is 143 Å². The summed E-state index contributed by atoms with van der Waals surface area (Å²) in [6.07, 6.45) is 3.55. The number of fused-ring (bicyclic) bond motifs is 1. The fraction of sp³-hybridized carbons (Fsp3) is 0.217. The molecule has 3 aromatic carbocycles. The summed E-state index contributed by atoms with van der Waals surface area (Å²) in [5, 5.41) is 9.69. The van der Waals surface area contributed by atoms with Crippen molar-refractivity contribution in [3.05, 3.63) is 101 Å². The van der Waals surface area contributed by atoms with Crippen molar-refractivity contribution in [3.63, 3.8) is 0 Å². The second kappa shape index (κ2) is 6.52. The third-order valence-electron chi connectivity index (χ3n) is 5.23. The van der Waals surface area contributed by atoms with Gasteiger partial charge in [-0.05, 0) is 59.6 Å². The van der Waals surface area contributed by atoms with E-state index in [2.05, 4.69) is 66.7 Å². The molecule has 0 saturated heterocycles. The topological polar surface area (TPSA) is 20.2 Å². The largest absolute Gasteiger partial charge is 0.508 e. The maximum absolute atomic E-state index is 9.69. The van der Waals surface area contributed by atoms with Crippen molar-refractivity contribution in [3.8, 4) is 5.75 Å². The first-order valence-corrected chi connectivity index (χ1v) is 8.74. The van der Waals surface area contributed by atoms with Gasteiger partial charge in [0, 0.05) is 5.92 Å².